The van der Waals surface area contributed by atoms with Gasteiger partial charge in [0.1, 0.15) is 23.2 Å². The van der Waals surface area contributed by atoms with Crippen LogP contribution in [0.3, 0.4) is 0 Å². The summed E-state index contributed by atoms with van der Waals surface area (Å²) in [6, 6.07) is 10.9. The zero-order valence-electron chi connectivity index (χ0n) is 14.2. The molecule has 3 aromatic rings. The summed E-state index contributed by atoms with van der Waals surface area (Å²) in [7, 11) is 1.39. The second-order valence-corrected chi connectivity index (χ2v) is 6.23. The predicted molar refractivity (Wildman–Crippen MR) is 100 cm³/mol. The second kappa shape index (κ2) is 6.58. The number of nitrogens with zero attached hydrogens (tertiary/aromatic N) is 2. The molecular weight excluding hydrogens is 352 g/mol. The molecule has 1 aromatic carbocycles. The van der Waals surface area contributed by atoms with Gasteiger partial charge in [0, 0.05) is 22.9 Å². The van der Waals surface area contributed by atoms with Crippen molar-refractivity contribution in [2.24, 2.45) is 7.05 Å². The molecule has 0 aliphatic carbocycles. The average molecular weight is 367 g/mol. The van der Waals surface area contributed by atoms with E-state index in [1.807, 2.05) is 25.1 Å². The summed E-state index contributed by atoms with van der Waals surface area (Å²) >= 11 is 6.15. The number of hydrogen-bond acceptors (Lipinski definition) is 4. The van der Waals surface area contributed by atoms with Gasteiger partial charge in [-0.15, -0.1) is 0 Å². The molecule has 0 amide bonds. The van der Waals surface area contributed by atoms with Crippen molar-refractivity contribution in [3.63, 3.8) is 0 Å². The molecule has 0 radical (unpaired) electrons. The Bertz CT molecular complexity index is 1230. The summed E-state index contributed by atoms with van der Waals surface area (Å²) in [5.41, 5.74) is 1.22. The van der Waals surface area contributed by atoms with Crippen LogP contribution in [0.4, 0.5) is 0 Å². The molecule has 5 nitrogen and oxygen atoms in total. The molecule has 0 aliphatic heterocycles. The minimum absolute atomic E-state index is 0.0455. The van der Waals surface area contributed by atoms with Crippen LogP contribution in [0.25, 0.3) is 24.0 Å². The average Bonchev–Trinajstić information content (AvgIpc) is 3.08. The van der Waals surface area contributed by atoms with E-state index < -0.39 is 11.4 Å². The lowest BCUT2D eigenvalue weighted by atomic mass is 10.1. The maximum Gasteiger partial charge on any atom is 0.261 e. The molecule has 0 unspecified atom stereocenters. The van der Waals surface area contributed by atoms with Crippen LogP contribution >= 0.6 is 11.6 Å². The molecule has 0 fully saturated rings. The lowest BCUT2D eigenvalue weighted by molar-refractivity contribution is 0.419. The van der Waals surface area contributed by atoms with Crippen molar-refractivity contribution >= 4 is 24.3 Å². The highest BCUT2D eigenvalue weighted by Crippen LogP contribution is 2.29. The van der Waals surface area contributed by atoms with Crippen LogP contribution in [0, 0.1) is 18.3 Å². The lowest BCUT2D eigenvalue weighted by Crippen LogP contribution is -2.45. The van der Waals surface area contributed by atoms with Gasteiger partial charge >= 0.3 is 0 Å². The summed E-state index contributed by atoms with van der Waals surface area (Å²) in [4.78, 5) is 12.4. The van der Waals surface area contributed by atoms with Crippen LogP contribution in [-0.2, 0) is 7.05 Å². The maximum atomic E-state index is 12.4. The van der Waals surface area contributed by atoms with Crippen molar-refractivity contribution in [2.45, 2.75) is 6.92 Å². The monoisotopic (exact) mass is 366 g/mol. The molecular formula is C20H15ClN2O3. The topological polar surface area (TPSA) is 79.2 Å². The van der Waals surface area contributed by atoms with Gasteiger partial charge in [-0.25, -0.2) is 0 Å². The third kappa shape index (κ3) is 2.81. The molecule has 26 heavy (non-hydrogen) atoms. The largest absolute Gasteiger partial charge is 0.493 e. The number of nitriles is 1. The van der Waals surface area contributed by atoms with Crippen molar-refractivity contribution in [3.05, 3.63) is 73.0 Å². The van der Waals surface area contributed by atoms with Gasteiger partial charge in [0.2, 0.25) is 5.88 Å². The fourth-order valence-electron chi connectivity index (χ4n) is 2.70. The summed E-state index contributed by atoms with van der Waals surface area (Å²) in [6.45, 7) is 5.65. The van der Waals surface area contributed by atoms with Crippen LogP contribution in [0.15, 0.2) is 39.5 Å². The number of pyridine rings is 1. The maximum absolute atomic E-state index is 12.4. The number of benzene rings is 1. The van der Waals surface area contributed by atoms with Crippen LogP contribution < -0.4 is 16.0 Å². The van der Waals surface area contributed by atoms with Gasteiger partial charge in [-0.05, 0) is 36.8 Å². The minimum atomic E-state index is -0.469. The number of rotatable bonds is 2. The second-order valence-electron chi connectivity index (χ2n) is 5.83. The van der Waals surface area contributed by atoms with Gasteiger partial charge < -0.3 is 9.52 Å². The van der Waals surface area contributed by atoms with Crippen molar-refractivity contribution in [1.29, 1.82) is 5.26 Å². The summed E-state index contributed by atoms with van der Waals surface area (Å²) in [6.07, 6.45) is 1.51. The highest BCUT2D eigenvalue weighted by atomic mass is 35.5. The number of aromatic hydroxyl groups is 1. The molecule has 6 heteroatoms. The molecule has 130 valence electrons. The summed E-state index contributed by atoms with van der Waals surface area (Å²) in [5.74, 6) is 0.628. The number of aromatic nitrogens is 1. The first-order valence-corrected chi connectivity index (χ1v) is 8.11. The fraction of sp³-hybridized carbons (Fsp3) is 0.100. The first-order chi connectivity index (χ1) is 12.3. The molecule has 0 atom stereocenters. The molecule has 0 aliphatic rings. The Morgan fingerprint density at radius 3 is 2.77 bits per heavy atom. The highest BCUT2D eigenvalue weighted by molar-refractivity contribution is 6.31. The Morgan fingerprint density at radius 2 is 2.08 bits per heavy atom. The van der Waals surface area contributed by atoms with Crippen molar-refractivity contribution in [2.75, 3.05) is 0 Å². The van der Waals surface area contributed by atoms with Crippen LogP contribution in [-0.4, -0.2) is 9.67 Å². The summed E-state index contributed by atoms with van der Waals surface area (Å²) < 4.78 is 6.83. The predicted octanol–water partition coefficient (Wildman–Crippen LogP) is 2.42. The van der Waals surface area contributed by atoms with E-state index in [4.69, 9.17) is 16.0 Å². The van der Waals surface area contributed by atoms with E-state index in [0.29, 0.717) is 16.5 Å². The van der Waals surface area contributed by atoms with Crippen molar-refractivity contribution in [1.82, 2.24) is 4.57 Å². The van der Waals surface area contributed by atoms with Gasteiger partial charge in [0.25, 0.3) is 5.56 Å². The molecule has 1 N–H and O–H groups in total. The zero-order valence-corrected chi connectivity index (χ0v) is 15.0. The van der Waals surface area contributed by atoms with Gasteiger partial charge in [0.05, 0.1) is 5.22 Å². The van der Waals surface area contributed by atoms with Gasteiger partial charge in [-0.3, -0.25) is 9.36 Å². The molecule has 0 saturated carbocycles. The Kier molecular flexibility index (Phi) is 4.45. The SMILES string of the molecule is C=c1c(C#N)c(O)n(C)c(=O)/c1=C/c1ccc(-c2cccc(Cl)c2C)o1. The minimum Gasteiger partial charge on any atom is -0.493 e. The van der Waals surface area contributed by atoms with Crippen LogP contribution in [0.1, 0.15) is 16.9 Å². The Morgan fingerprint density at radius 1 is 1.35 bits per heavy atom. The highest BCUT2D eigenvalue weighted by Gasteiger charge is 2.12. The van der Waals surface area contributed by atoms with Gasteiger partial charge in [-0.2, -0.15) is 5.26 Å². The quantitative estimate of drug-likeness (QED) is 0.755. The smallest absolute Gasteiger partial charge is 0.261 e. The molecule has 0 saturated heterocycles. The molecule has 3 rings (SSSR count). The number of halogens is 1. The van der Waals surface area contributed by atoms with Gasteiger partial charge in [-0.1, -0.05) is 30.3 Å². The van der Waals surface area contributed by atoms with E-state index in [0.717, 1.165) is 15.7 Å². The third-order valence-corrected chi connectivity index (χ3v) is 4.67. The molecule has 2 aromatic heterocycles. The van der Waals surface area contributed by atoms with E-state index >= 15 is 0 Å². The Labute approximate surface area is 154 Å². The van der Waals surface area contributed by atoms with E-state index in [2.05, 4.69) is 6.58 Å². The van der Waals surface area contributed by atoms with Crippen molar-refractivity contribution in [3.8, 4) is 23.3 Å². The molecule has 0 spiro atoms. The zero-order chi connectivity index (χ0) is 19.0. The lowest BCUT2D eigenvalue weighted by Gasteiger charge is -2.04. The Hall–Kier alpha value is -3.23. The molecule has 0 bridgehead atoms. The van der Waals surface area contributed by atoms with E-state index in [9.17, 15) is 15.2 Å². The fourth-order valence-corrected chi connectivity index (χ4v) is 2.88. The number of furan rings is 1. The van der Waals surface area contributed by atoms with E-state index in [1.165, 1.54) is 13.1 Å². The first-order valence-electron chi connectivity index (χ1n) is 7.73. The number of hydrogen-bond donors (Lipinski definition) is 1. The Balaban J connectivity index is 2.20. The van der Waals surface area contributed by atoms with Crippen molar-refractivity contribution < 1.29 is 9.52 Å². The standard InChI is InChI=1S/C20H15ClN2O3/c1-11-15(19(24)23(3)20(25)16(11)10-22)9-13-7-8-18(26-13)14-5-4-6-17(21)12(14)2/h4-9,25H,1H2,2-3H3/b15-9+. The van der Waals surface area contributed by atoms with Gasteiger partial charge in [0.15, 0.2) is 0 Å². The summed E-state index contributed by atoms with van der Waals surface area (Å²) in [5, 5.41) is 20.1. The van der Waals surface area contributed by atoms with Crippen LogP contribution in [0.5, 0.6) is 5.88 Å². The normalized spacial score (nSPS) is 11.5. The molecule has 2 heterocycles. The van der Waals surface area contributed by atoms with E-state index in [-0.39, 0.29) is 16.0 Å². The van der Waals surface area contributed by atoms with Crippen LogP contribution in [0.2, 0.25) is 5.02 Å². The third-order valence-electron chi connectivity index (χ3n) is 4.26. The first kappa shape index (κ1) is 17.6. The van der Waals surface area contributed by atoms with E-state index in [1.54, 1.807) is 18.2 Å².